The molecule has 1 aromatic carbocycles. The van der Waals surface area contributed by atoms with Crippen molar-refractivity contribution in [2.45, 2.75) is 17.7 Å². The minimum absolute atomic E-state index is 0.165. The van der Waals surface area contributed by atoms with Gasteiger partial charge in [0.15, 0.2) is 9.84 Å². The van der Waals surface area contributed by atoms with Crippen molar-refractivity contribution in [2.75, 3.05) is 24.2 Å². The van der Waals surface area contributed by atoms with Crippen molar-refractivity contribution >= 4 is 33.1 Å². The number of carboxylic acids is 1. The van der Waals surface area contributed by atoms with E-state index in [4.69, 9.17) is 16.7 Å². The Labute approximate surface area is 123 Å². The van der Waals surface area contributed by atoms with Crippen molar-refractivity contribution in [2.24, 2.45) is 5.92 Å². The molecule has 1 saturated heterocycles. The summed E-state index contributed by atoms with van der Waals surface area (Å²) in [6.07, 6.45) is 2.56. The van der Waals surface area contributed by atoms with Crippen LogP contribution in [0.25, 0.3) is 0 Å². The molecule has 1 heterocycles. The van der Waals surface area contributed by atoms with Crippen LogP contribution in [-0.2, 0) is 14.6 Å². The highest BCUT2D eigenvalue weighted by Gasteiger charge is 2.26. The second-order valence-corrected chi connectivity index (χ2v) is 7.43. The van der Waals surface area contributed by atoms with E-state index in [1.165, 1.54) is 12.1 Å². The number of carbonyl (C=O) groups is 1. The molecule has 0 aliphatic carbocycles. The summed E-state index contributed by atoms with van der Waals surface area (Å²) in [6, 6.07) is 4.56. The van der Waals surface area contributed by atoms with Gasteiger partial charge in [-0.2, -0.15) is 0 Å². The van der Waals surface area contributed by atoms with E-state index in [1.807, 2.05) is 4.90 Å². The highest BCUT2D eigenvalue weighted by Crippen LogP contribution is 2.31. The average molecular weight is 318 g/mol. The fourth-order valence-corrected chi connectivity index (χ4v) is 3.38. The monoisotopic (exact) mass is 317 g/mol. The Hall–Kier alpha value is -1.27. The van der Waals surface area contributed by atoms with Crippen LogP contribution in [0.3, 0.4) is 0 Å². The normalized spacial score (nSPS) is 19.9. The van der Waals surface area contributed by atoms with Crippen LogP contribution < -0.4 is 4.90 Å². The number of hydrogen-bond acceptors (Lipinski definition) is 4. The minimum Gasteiger partial charge on any atom is -0.481 e. The largest absolute Gasteiger partial charge is 0.481 e. The number of halogens is 1. The fourth-order valence-electron chi connectivity index (χ4n) is 2.37. The summed E-state index contributed by atoms with van der Waals surface area (Å²) in [5, 5.41) is 9.42. The molecule has 110 valence electrons. The summed E-state index contributed by atoms with van der Waals surface area (Å²) in [7, 11) is -3.29. The van der Waals surface area contributed by atoms with E-state index in [9.17, 15) is 13.2 Å². The average Bonchev–Trinajstić information content (AvgIpc) is 2.37. The van der Waals surface area contributed by atoms with Crippen LogP contribution in [-0.4, -0.2) is 38.8 Å². The Morgan fingerprint density at radius 1 is 1.45 bits per heavy atom. The predicted octanol–water partition coefficient (Wildman–Crippen LogP) is 2.04. The lowest BCUT2D eigenvalue weighted by Gasteiger charge is -2.33. The van der Waals surface area contributed by atoms with Crippen LogP contribution in [0, 0.1) is 5.92 Å². The number of sulfone groups is 1. The van der Waals surface area contributed by atoms with Gasteiger partial charge in [0.05, 0.1) is 21.5 Å². The van der Waals surface area contributed by atoms with Gasteiger partial charge in [-0.25, -0.2) is 8.42 Å². The third-order valence-corrected chi connectivity index (χ3v) is 4.87. The number of hydrogen-bond donors (Lipinski definition) is 1. The molecule has 0 bridgehead atoms. The first-order chi connectivity index (χ1) is 9.29. The number of benzene rings is 1. The third-order valence-electron chi connectivity index (χ3n) is 3.46. The molecule has 7 heteroatoms. The molecular weight excluding hydrogens is 302 g/mol. The Morgan fingerprint density at radius 3 is 2.70 bits per heavy atom. The molecule has 0 spiro atoms. The second kappa shape index (κ2) is 5.61. The smallest absolute Gasteiger partial charge is 0.308 e. The second-order valence-electron chi connectivity index (χ2n) is 5.01. The summed E-state index contributed by atoms with van der Waals surface area (Å²) in [5.74, 6) is -1.21. The fraction of sp³-hybridized carbons (Fsp3) is 0.462. The standard InChI is InChI=1S/C13H16ClNO4S/c1-20(18,19)10-4-5-12(11(14)7-10)15-6-2-3-9(8-15)13(16)17/h4-5,7,9H,2-3,6,8H2,1H3,(H,16,17)/t9-/m0/s1. The molecule has 5 nitrogen and oxygen atoms in total. The first kappa shape index (κ1) is 15.1. The highest BCUT2D eigenvalue weighted by atomic mass is 35.5. The van der Waals surface area contributed by atoms with Crippen LogP contribution in [0.5, 0.6) is 0 Å². The summed E-state index contributed by atoms with van der Waals surface area (Å²) in [4.78, 5) is 13.1. The number of aliphatic carboxylic acids is 1. The van der Waals surface area contributed by atoms with Crippen molar-refractivity contribution < 1.29 is 18.3 Å². The lowest BCUT2D eigenvalue weighted by atomic mass is 9.98. The van der Waals surface area contributed by atoms with Gasteiger partial charge >= 0.3 is 5.97 Å². The van der Waals surface area contributed by atoms with E-state index in [-0.39, 0.29) is 4.90 Å². The van der Waals surface area contributed by atoms with Crippen LogP contribution in [0.2, 0.25) is 5.02 Å². The lowest BCUT2D eigenvalue weighted by Crippen LogP contribution is -2.38. The highest BCUT2D eigenvalue weighted by molar-refractivity contribution is 7.90. The van der Waals surface area contributed by atoms with Gasteiger partial charge < -0.3 is 10.0 Å². The van der Waals surface area contributed by atoms with E-state index >= 15 is 0 Å². The summed E-state index contributed by atoms with van der Waals surface area (Å²) in [5.41, 5.74) is 0.685. The molecule has 2 rings (SSSR count). The molecule has 1 aromatic rings. The van der Waals surface area contributed by atoms with Crippen LogP contribution in [0.4, 0.5) is 5.69 Å². The van der Waals surface area contributed by atoms with Crippen LogP contribution in [0.1, 0.15) is 12.8 Å². The van der Waals surface area contributed by atoms with Gasteiger partial charge in [0.1, 0.15) is 0 Å². The molecule has 0 aromatic heterocycles. The number of anilines is 1. The lowest BCUT2D eigenvalue weighted by molar-refractivity contribution is -0.141. The quantitative estimate of drug-likeness (QED) is 0.923. The molecule has 1 aliphatic rings. The number of piperidine rings is 1. The molecule has 1 aliphatic heterocycles. The Balaban J connectivity index is 2.27. The maximum Gasteiger partial charge on any atom is 0.308 e. The molecule has 0 saturated carbocycles. The first-order valence-corrected chi connectivity index (χ1v) is 8.53. The SMILES string of the molecule is CS(=O)(=O)c1ccc(N2CCC[C@H](C(=O)O)C2)c(Cl)c1. The number of nitrogens with zero attached hydrogens (tertiary/aromatic N) is 1. The van der Waals surface area contributed by atoms with E-state index in [0.29, 0.717) is 23.7 Å². The topological polar surface area (TPSA) is 74.7 Å². The molecule has 0 unspecified atom stereocenters. The maximum absolute atomic E-state index is 11.5. The molecule has 20 heavy (non-hydrogen) atoms. The summed E-state index contributed by atoms with van der Waals surface area (Å²) in [6.45, 7) is 1.12. The Morgan fingerprint density at radius 2 is 2.15 bits per heavy atom. The summed E-state index contributed by atoms with van der Waals surface area (Å²) >= 11 is 6.14. The molecule has 0 amide bonds. The third kappa shape index (κ3) is 3.24. The van der Waals surface area contributed by atoms with Crippen LogP contribution >= 0.6 is 11.6 Å². The number of carboxylic acid groups (broad SMARTS) is 1. The van der Waals surface area contributed by atoms with Gasteiger partial charge in [-0.1, -0.05) is 11.6 Å². The molecule has 1 atom stereocenters. The zero-order chi connectivity index (χ0) is 14.9. The van der Waals surface area contributed by atoms with Gasteiger partial charge in [-0.15, -0.1) is 0 Å². The van der Waals surface area contributed by atoms with Gasteiger partial charge in [-0.05, 0) is 31.0 Å². The molecule has 1 fully saturated rings. The van der Waals surface area contributed by atoms with E-state index in [2.05, 4.69) is 0 Å². The first-order valence-electron chi connectivity index (χ1n) is 6.26. The molecule has 1 N–H and O–H groups in total. The van der Waals surface area contributed by atoms with Crippen LogP contribution in [0.15, 0.2) is 23.1 Å². The van der Waals surface area contributed by atoms with Gasteiger partial charge in [-0.3, -0.25) is 4.79 Å². The molecule has 0 radical (unpaired) electrons. The summed E-state index contributed by atoms with van der Waals surface area (Å²) < 4.78 is 22.9. The van der Waals surface area contributed by atoms with Crippen molar-refractivity contribution in [3.8, 4) is 0 Å². The van der Waals surface area contributed by atoms with Crippen molar-refractivity contribution in [3.63, 3.8) is 0 Å². The molecular formula is C13H16ClNO4S. The van der Waals surface area contributed by atoms with Crippen molar-refractivity contribution in [1.82, 2.24) is 0 Å². The zero-order valence-electron chi connectivity index (χ0n) is 11.0. The zero-order valence-corrected chi connectivity index (χ0v) is 12.6. The minimum atomic E-state index is -3.29. The van der Waals surface area contributed by atoms with E-state index in [0.717, 1.165) is 19.2 Å². The predicted molar refractivity (Wildman–Crippen MR) is 77.1 cm³/mol. The Kier molecular flexibility index (Phi) is 4.25. The number of rotatable bonds is 3. The van der Waals surface area contributed by atoms with Gasteiger partial charge in [0.2, 0.25) is 0 Å². The van der Waals surface area contributed by atoms with Gasteiger partial charge in [0.25, 0.3) is 0 Å². The van der Waals surface area contributed by atoms with E-state index < -0.39 is 21.7 Å². The van der Waals surface area contributed by atoms with Gasteiger partial charge in [0, 0.05) is 19.3 Å². The van der Waals surface area contributed by atoms with E-state index in [1.54, 1.807) is 6.07 Å². The maximum atomic E-state index is 11.5. The Bertz CT molecular complexity index is 629. The van der Waals surface area contributed by atoms with Crippen molar-refractivity contribution in [3.05, 3.63) is 23.2 Å². The van der Waals surface area contributed by atoms with Crippen molar-refractivity contribution in [1.29, 1.82) is 0 Å².